The van der Waals surface area contributed by atoms with Crippen LogP contribution in [-0.4, -0.2) is 55.5 Å². The second kappa shape index (κ2) is 11.6. The molecule has 0 radical (unpaired) electrons. The van der Waals surface area contributed by atoms with Crippen molar-refractivity contribution in [2.75, 3.05) is 18.0 Å². The number of aliphatic carboxylic acids is 1. The van der Waals surface area contributed by atoms with Crippen LogP contribution in [0.25, 0.3) is 0 Å². The number of imide groups is 1. The molecular weight excluding hydrogens is 530 g/mol. The fourth-order valence-electron chi connectivity index (χ4n) is 5.46. The summed E-state index contributed by atoms with van der Waals surface area (Å²) in [7, 11) is -4.14. The zero-order chi connectivity index (χ0) is 28.3. The molecule has 2 aliphatic heterocycles. The molecule has 2 heterocycles. The van der Waals surface area contributed by atoms with Crippen LogP contribution in [0.3, 0.4) is 0 Å². The Labute approximate surface area is 233 Å². The summed E-state index contributed by atoms with van der Waals surface area (Å²) in [6.07, 6.45) is 0.595. The normalized spacial score (nSPS) is 16.7. The molecule has 3 aromatic carbocycles. The van der Waals surface area contributed by atoms with E-state index in [1.807, 2.05) is 6.07 Å². The summed E-state index contributed by atoms with van der Waals surface area (Å²) in [5.41, 5.74) is 2.64. The van der Waals surface area contributed by atoms with Gasteiger partial charge in [-0.05, 0) is 73.6 Å². The standard InChI is InChI=1S/C30H31N3O6S/c34-28(35)12-6-11-27(33-29(36)25-9-4-5-10-26(25)30(33)37)31-40(38,39)24-15-13-23(14-16-24)32-19-17-22(18-20-32)21-7-2-1-3-8-21/h1-5,7-10,13-16,22,27,31H,6,11-12,17-20H2,(H,34,35). The summed E-state index contributed by atoms with van der Waals surface area (Å²) in [6, 6.07) is 23.3. The number of hydrogen-bond acceptors (Lipinski definition) is 6. The topological polar surface area (TPSA) is 124 Å². The van der Waals surface area contributed by atoms with Crippen molar-refractivity contribution in [3.8, 4) is 0 Å². The average Bonchev–Trinajstić information content (AvgIpc) is 3.22. The number of carboxylic acid groups (broad SMARTS) is 1. The molecule has 0 aromatic heterocycles. The van der Waals surface area contributed by atoms with Gasteiger partial charge >= 0.3 is 5.97 Å². The van der Waals surface area contributed by atoms with Gasteiger partial charge in [-0.1, -0.05) is 42.5 Å². The predicted molar refractivity (Wildman–Crippen MR) is 150 cm³/mol. The summed E-state index contributed by atoms with van der Waals surface area (Å²) in [6.45, 7) is 1.71. The summed E-state index contributed by atoms with van der Waals surface area (Å²) in [5, 5.41) is 9.06. The van der Waals surface area contributed by atoms with Crippen molar-refractivity contribution in [2.45, 2.75) is 49.1 Å². The number of sulfonamides is 1. The number of fused-ring (bicyclic) bond motifs is 1. The zero-order valence-electron chi connectivity index (χ0n) is 21.9. The van der Waals surface area contributed by atoms with Crippen LogP contribution < -0.4 is 9.62 Å². The Morgan fingerprint density at radius 2 is 1.45 bits per heavy atom. The van der Waals surface area contributed by atoms with Gasteiger partial charge in [0.05, 0.1) is 16.0 Å². The van der Waals surface area contributed by atoms with E-state index in [2.05, 4.69) is 33.9 Å². The maximum atomic E-state index is 13.4. The molecule has 5 rings (SSSR count). The number of nitrogens with one attached hydrogen (secondary N) is 1. The van der Waals surface area contributed by atoms with Crippen LogP contribution in [0.4, 0.5) is 5.69 Å². The van der Waals surface area contributed by atoms with Crippen LogP contribution in [0.1, 0.15) is 64.3 Å². The summed E-state index contributed by atoms with van der Waals surface area (Å²) in [4.78, 5) is 40.3. The number of amides is 2. The lowest BCUT2D eigenvalue weighted by Crippen LogP contribution is -2.50. The summed E-state index contributed by atoms with van der Waals surface area (Å²) >= 11 is 0. The van der Waals surface area contributed by atoms with Crippen LogP contribution >= 0.6 is 0 Å². The quantitative estimate of drug-likeness (QED) is 0.355. The molecule has 2 amide bonds. The summed E-state index contributed by atoms with van der Waals surface area (Å²) in [5.74, 6) is -1.77. The lowest BCUT2D eigenvalue weighted by molar-refractivity contribution is -0.137. The van der Waals surface area contributed by atoms with E-state index in [1.165, 1.54) is 29.8 Å². The highest BCUT2D eigenvalue weighted by Crippen LogP contribution is 2.31. The van der Waals surface area contributed by atoms with Crippen molar-refractivity contribution in [2.24, 2.45) is 0 Å². The molecule has 40 heavy (non-hydrogen) atoms. The van der Waals surface area contributed by atoms with Gasteiger partial charge in [0.25, 0.3) is 11.8 Å². The molecule has 9 nitrogen and oxygen atoms in total. The van der Waals surface area contributed by atoms with E-state index >= 15 is 0 Å². The smallest absolute Gasteiger partial charge is 0.303 e. The largest absolute Gasteiger partial charge is 0.481 e. The van der Waals surface area contributed by atoms with Crippen LogP contribution in [0.2, 0.25) is 0 Å². The third-order valence-electron chi connectivity index (χ3n) is 7.57. The molecule has 0 bridgehead atoms. The Morgan fingerprint density at radius 3 is 2.02 bits per heavy atom. The molecule has 208 valence electrons. The first-order valence-corrected chi connectivity index (χ1v) is 14.8. The van der Waals surface area contributed by atoms with Crippen molar-refractivity contribution >= 4 is 33.5 Å². The fourth-order valence-corrected chi connectivity index (χ4v) is 6.67. The summed E-state index contributed by atoms with van der Waals surface area (Å²) < 4.78 is 29.3. The van der Waals surface area contributed by atoms with E-state index in [9.17, 15) is 22.8 Å². The minimum absolute atomic E-state index is 0.00438. The predicted octanol–water partition coefficient (Wildman–Crippen LogP) is 4.23. The molecule has 2 aliphatic rings. The van der Waals surface area contributed by atoms with E-state index in [0.717, 1.165) is 36.5 Å². The minimum atomic E-state index is -4.14. The van der Waals surface area contributed by atoms with Gasteiger partial charge in [0.15, 0.2) is 0 Å². The highest BCUT2D eigenvalue weighted by molar-refractivity contribution is 7.89. The first-order chi connectivity index (χ1) is 19.2. The number of carbonyl (C=O) groups is 3. The van der Waals surface area contributed by atoms with E-state index in [1.54, 1.807) is 24.3 Å². The number of hydrogen-bond donors (Lipinski definition) is 2. The fraction of sp³-hybridized carbons (Fsp3) is 0.300. The zero-order valence-corrected chi connectivity index (χ0v) is 22.7. The highest BCUT2D eigenvalue weighted by Gasteiger charge is 2.41. The number of benzene rings is 3. The first kappa shape index (κ1) is 27.5. The van der Waals surface area contributed by atoms with Gasteiger partial charge in [0, 0.05) is 25.2 Å². The number of piperidine rings is 1. The molecule has 10 heteroatoms. The van der Waals surface area contributed by atoms with Gasteiger partial charge in [-0.3, -0.25) is 19.3 Å². The van der Waals surface area contributed by atoms with Crippen molar-refractivity contribution < 1.29 is 27.9 Å². The number of rotatable bonds is 10. The first-order valence-electron chi connectivity index (χ1n) is 13.4. The number of carbonyl (C=O) groups excluding carboxylic acids is 2. The van der Waals surface area contributed by atoms with Gasteiger partial charge in [-0.15, -0.1) is 0 Å². The van der Waals surface area contributed by atoms with E-state index in [4.69, 9.17) is 5.11 Å². The van der Waals surface area contributed by atoms with E-state index < -0.39 is 34.0 Å². The van der Waals surface area contributed by atoms with Gasteiger partial charge in [0.2, 0.25) is 10.0 Å². The minimum Gasteiger partial charge on any atom is -0.481 e. The Hall–Kier alpha value is -4.02. The van der Waals surface area contributed by atoms with Gasteiger partial charge in [-0.25, -0.2) is 8.42 Å². The molecule has 0 spiro atoms. The van der Waals surface area contributed by atoms with Crippen molar-refractivity contribution in [1.82, 2.24) is 9.62 Å². The Bertz CT molecular complexity index is 1460. The molecule has 0 saturated carbocycles. The average molecular weight is 562 g/mol. The number of carboxylic acids is 1. The van der Waals surface area contributed by atoms with E-state index in [-0.39, 0.29) is 35.3 Å². The van der Waals surface area contributed by atoms with Gasteiger partial charge in [-0.2, -0.15) is 4.72 Å². The van der Waals surface area contributed by atoms with Gasteiger partial charge in [0.1, 0.15) is 6.17 Å². The molecular formula is C30H31N3O6S. The lowest BCUT2D eigenvalue weighted by Gasteiger charge is -2.34. The highest BCUT2D eigenvalue weighted by atomic mass is 32.2. The Kier molecular flexibility index (Phi) is 7.99. The van der Waals surface area contributed by atoms with Crippen LogP contribution in [0.15, 0.2) is 83.8 Å². The Balaban J connectivity index is 1.29. The Morgan fingerprint density at radius 1 is 0.875 bits per heavy atom. The molecule has 1 unspecified atom stereocenters. The molecule has 1 fully saturated rings. The van der Waals surface area contributed by atoms with Crippen LogP contribution in [0.5, 0.6) is 0 Å². The SMILES string of the molecule is O=C(O)CCCC(NS(=O)(=O)c1ccc(N2CCC(c3ccccc3)CC2)cc1)N1C(=O)c2ccccc2C1=O. The molecule has 3 aromatic rings. The second-order valence-corrected chi connectivity index (χ2v) is 11.8. The van der Waals surface area contributed by atoms with Crippen molar-refractivity contribution in [1.29, 1.82) is 0 Å². The molecule has 1 atom stereocenters. The lowest BCUT2D eigenvalue weighted by atomic mass is 9.89. The van der Waals surface area contributed by atoms with E-state index in [0.29, 0.717) is 5.92 Å². The van der Waals surface area contributed by atoms with Crippen molar-refractivity contribution in [3.63, 3.8) is 0 Å². The van der Waals surface area contributed by atoms with Crippen LogP contribution in [0, 0.1) is 0 Å². The molecule has 0 aliphatic carbocycles. The number of anilines is 1. The third kappa shape index (κ3) is 5.78. The second-order valence-electron chi connectivity index (χ2n) is 10.1. The monoisotopic (exact) mass is 561 g/mol. The van der Waals surface area contributed by atoms with Gasteiger partial charge < -0.3 is 10.0 Å². The van der Waals surface area contributed by atoms with Crippen molar-refractivity contribution in [3.05, 3.63) is 95.6 Å². The van der Waals surface area contributed by atoms with Crippen LogP contribution in [-0.2, 0) is 14.8 Å². The molecule has 2 N–H and O–H groups in total. The maximum absolute atomic E-state index is 13.4. The third-order valence-corrected chi connectivity index (χ3v) is 9.05. The molecule has 1 saturated heterocycles. The number of nitrogens with zero attached hydrogens (tertiary/aromatic N) is 2. The maximum Gasteiger partial charge on any atom is 0.303 e.